The van der Waals surface area contributed by atoms with E-state index < -0.39 is 29.9 Å². The van der Waals surface area contributed by atoms with Gasteiger partial charge in [0.15, 0.2) is 5.70 Å². The number of azide groups is 1. The van der Waals surface area contributed by atoms with Gasteiger partial charge in [0.25, 0.3) is 0 Å². The Kier molecular flexibility index (Phi) is 4.40. The second kappa shape index (κ2) is 6.66. The molecule has 0 N–H and O–H groups in total. The summed E-state index contributed by atoms with van der Waals surface area (Å²) in [5, 5.41) is 3.42. The molecule has 9 nitrogen and oxygen atoms in total. The first-order chi connectivity index (χ1) is 12.0. The first-order valence-electron chi connectivity index (χ1n) is 7.53. The van der Waals surface area contributed by atoms with Gasteiger partial charge in [-0.25, -0.2) is 4.79 Å². The standard InChI is InChI=1S/C16H14N4O5/c1-9(21)25-12-7-11-13(18-19-17)15(22)20(11)14(12)16(23)24-8-10-5-3-2-4-6-10/h2-6,11,13H,7-8H2,1H3. The van der Waals surface area contributed by atoms with Gasteiger partial charge >= 0.3 is 11.9 Å². The van der Waals surface area contributed by atoms with Crippen LogP contribution in [0.15, 0.2) is 46.9 Å². The number of hydrogen-bond donors (Lipinski definition) is 0. The molecule has 0 radical (unpaired) electrons. The van der Waals surface area contributed by atoms with E-state index in [0.717, 1.165) is 5.56 Å². The zero-order valence-corrected chi connectivity index (χ0v) is 13.3. The molecular formula is C16H14N4O5. The average molecular weight is 342 g/mol. The van der Waals surface area contributed by atoms with Gasteiger partial charge in [-0.05, 0) is 11.1 Å². The number of carbonyl (C=O) groups excluding carboxylic acids is 3. The molecule has 1 fully saturated rings. The van der Waals surface area contributed by atoms with Crippen molar-refractivity contribution >= 4 is 17.8 Å². The largest absolute Gasteiger partial charge is 0.456 e. The Morgan fingerprint density at radius 1 is 1.36 bits per heavy atom. The zero-order chi connectivity index (χ0) is 18.0. The average Bonchev–Trinajstić information content (AvgIpc) is 2.93. The van der Waals surface area contributed by atoms with Crippen LogP contribution in [0.25, 0.3) is 10.4 Å². The van der Waals surface area contributed by atoms with Crippen LogP contribution in [0.1, 0.15) is 18.9 Å². The summed E-state index contributed by atoms with van der Waals surface area (Å²) in [6.45, 7) is 1.21. The van der Waals surface area contributed by atoms with Crippen LogP contribution < -0.4 is 0 Å². The minimum absolute atomic E-state index is 0.0169. The Labute approximate surface area is 142 Å². The van der Waals surface area contributed by atoms with E-state index in [9.17, 15) is 14.4 Å². The van der Waals surface area contributed by atoms with Gasteiger partial charge in [-0.1, -0.05) is 35.4 Å². The van der Waals surface area contributed by atoms with E-state index in [1.54, 1.807) is 12.1 Å². The Morgan fingerprint density at radius 3 is 2.72 bits per heavy atom. The van der Waals surface area contributed by atoms with Crippen molar-refractivity contribution in [2.45, 2.75) is 32.0 Å². The molecule has 2 atom stereocenters. The Bertz CT molecular complexity index is 813. The number of fused-ring (bicyclic) bond motifs is 1. The van der Waals surface area contributed by atoms with Crippen LogP contribution in [0.5, 0.6) is 0 Å². The lowest BCUT2D eigenvalue weighted by Crippen LogP contribution is -2.61. The van der Waals surface area contributed by atoms with Gasteiger partial charge in [0.05, 0.1) is 6.04 Å². The minimum atomic E-state index is -0.907. The van der Waals surface area contributed by atoms with Crippen molar-refractivity contribution in [1.82, 2.24) is 4.90 Å². The number of ether oxygens (including phenoxy) is 2. The maximum absolute atomic E-state index is 12.4. The molecule has 1 aromatic carbocycles. The van der Waals surface area contributed by atoms with Crippen molar-refractivity contribution in [2.75, 3.05) is 0 Å². The van der Waals surface area contributed by atoms with Gasteiger partial charge in [-0.3, -0.25) is 14.5 Å². The van der Waals surface area contributed by atoms with Crippen molar-refractivity contribution in [3.63, 3.8) is 0 Å². The Hall–Kier alpha value is -3.32. The van der Waals surface area contributed by atoms with Crippen molar-refractivity contribution in [1.29, 1.82) is 0 Å². The second-order valence-electron chi connectivity index (χ2n) is 5.56. The number of benzene rings is 1. The molecule has 0 bridgehead atoms. The number of esters is 2. The molecule has 1 aromatic rings. The van der Waals surface area contributed by atoms with Crippen molar-refractivity contribution < 1.29 is 23.9 Å². The normalized spacial score (nSPS) is 21.2. The fourth-order valence-corrected chi connectivity index (χ4v) is 2.88. The van der Waals surface area contributed by atoms with E-state index in [4.69, 9.17) is 15.0 Å². The number of nitrogens with zero attached hydrogens (tertiary/aromatic N) is 4. The van der Waals surface area contributed by atoms with E-state index in [1.807, 2.05) is 18.2 Å². The van der Waals surface area contributed by atoms with Gasteiger partial charge in [-0.15, -0.1) is 0 Å². The summed E-state index contributed by atoms with van der Waals surface area (Å²) in [7, 11) is 0. The van der Waals surface area contributed by atoms with Gasteiger partial charge in [0.1, 0.15) is 18.4 Å². The number of β-lactam (4-membered cyclic amide) rings is 1. The van der Waals surface area contributed by atoms with Crippen LogP contribution in [0.3, 0.4) is 0 Å². The molecule has 2 heterocycles. The molecule has 1 saturated heterocycles. The highest BCUT2D eigenvalue weighted by atomic mass is 16.6. The van der Waals surface area contributed by atoms with E-state index in [1.165, 1.54) is 11.8 Å². The summed E-state index contributed by atoms with van der Waals surface area (Å²) >= 11 is 0. The second-order valence-corrected chi connectivity index (χ2v) is 5.56. The lowest BCUT2D eigenvalue weighted by atomic mass is 9.96. The number of amides is 1. The van der Waals surface area contributed by atoms with Crippen LogP contribution in [-0.4, -0.2) is 34.8 Å². The lowest BCUT2D eigenvalue weighted by Gasteiger charge is -2.40. The monoisotopic (exact) mass is 342 g/mol. The molecule has 0 aromatic heterocycles. The summed E-state index contributed by atoms with van der Waals surface area (Å²) in [5.74, 6) is -1.84. The van der Waals surface area contributed by atoms with Crippen molar-refractivity contribution in [3.8, 4) is 0 Å². The fourth-order valence-electron chi connectivity index (χ4n) is 2.88. The lowest BCUT2D eigenvalue weighted by molar-refractivity contribution is -0.152. The highest BCUT2D eigenvalue weighted by molar-refractivity contribution is 6.01. The van der Waals surface area contributed by atoms with Crippen molar-refractivity contribution in [3.05, 3.63) is 57.8 Å². The molecule has 0 spiro atoms. The van der Waals surface area contributed by atoms with E-state index in [-0.39, 0.29) is 24.5 Å². The molecular weight excluding hydrogens is 328 g/mol. The first-order valence-corrected chi connectivity index (χ1v) is 7.53. The third-order valence-electron chi connectivity index (χ3n) is 3.94. The predicted molar refractivity (Wildman–Crippen MR) is 83.2 cm³/mol. The SMILES string of the molecule is CC(=O)OC1=C(C(=O)OCc2ccccc2)N2C(=O)C(N=[N+]=[N-])C2C1. The summed E-state index contributed by atoms with van der Waals surface area (Å²) in [5.41, 5.74) is 9.21. The zero-order valence-electron chi connectivity index (χ0n) is 13.3. The molecule has 3 rings (SSSR count). The summed E-state index contributed by atoms with van der Waals surface area (Å²) in [6.07, 6.45) is 0.116. The highest BCUT2D eigenvalue weighted by Gasteiger charge is 2.56. The highest BCUT2D eigenvalue weighted by Crippen LogP contribution is 2.41. The number of rotatable bonds is 5. The van der Waals surface area contributed by atoms with E-state index in [2.05, 4.69) is 10.0 Å². The molecule has 2 unspecified atom stereocenters. The quantitative estimate of drug-likeness (QED) is 0.265. The Balaban J connectivity index is 1.79. The minimum Gasteiger partial charge on any atom is -0.456 e. The Morgan fingerprint density at radius 2 is 2.08 bits per heavy atom. The van der Waals surface area contributed by atoms with Crippen LogP contribution in [0.4, 0.5) is 0 Å². The fraction of sp³-hybridized carbons (Fsp3) is 0.312. The van der Waals surface area contributed by atoms with E-state index >= 15 is 0 Å². The van der Waals surface area contributed by atoms with Crippen LogP contribution in [0, 0.1) is 0 Å². The predicted octanol–water partition coefficient (Wildman–Crippen LogP) is 1.80. The molecule has 0 aliphatic carbocycles. The third-order valence-corrected chi connectivity index (χ3v) is 3.94. The molecule has 2 aliphatic rings. The summed E-state index contributed by atoms with van der Waals surface area (Å²) in [6, 6.07) is 7.59. The maximum atomic E-state index is 12.4. The smallest absolute Gasteiger partial charge is 0.358 e. The molecule has 128 valence electrons. The van der Waals surface area contributed by atoms with Crippen LogP contribution >= 0.6 is 0 Å². The number of hydrogen-bond acceptors (Lipinski definition) is 6. The van der Waals surface area contributed by atoms with Gasteiger partial charge in [0, 0.05) is 18.3 Å². The molecule has 0 saturated carbocycles. The topological polar surface area (TPSA) is 122 Å². The number of carbonyl (C=O) groups is 3. The van der Waals surface area contributed by atoms with Crippen molar-refractivity contribution in [2.24, 2.45) is 5.11 Å². The molecule has 2 aliphatic heterocycles. The molecule has 1 amide bonds. The summed E-state index contributed by atoms with van der Waals surface area (Å²) < 4.78 is 10.3. The summed E-state index contributed by atoms with van der Waals surface area (Å²) in [4.78, 5) is 39.7. The third kappa shape index (κ3) is 3.05. The van der Waals surface area contributed by atoms with Gasteiger partial charge in [0.2, 0.25) is 5.91 Å². The van der Waals surface area contributed by atoms with E-state index in [0.29, 0.717) is 0 Å². The van der Waals surface area contributed by atoms with Gasteiger partial charge in [-0.2, -0.15) is 0 Å². The maximum Gasteiger partial charge on any atom is 0.358 e. The first kappa shape index (κ1) is 16.5. The molecule has 25 heavy (non-hydrogen) atoms. The van der Waals surface area contributed by atoms with Crippen LogP contribution in [-0.2, 0) is 30.5 Å². The van der Waals surface area contributed by atoms with Crippen LogP contribution in [0.2, 0.25) is 0 Å². The molecule has 9 heteroatoms. The van der Waals surface area contributed by atoms with Gasteiger partial charge < -0.3 is 9.47 Å².